The van der Waals surface area contributed by atoms with Crippen LogP contribution in [0.2, 0.25) is 0 Å². The molecule has 2 aliphatic heterocycles. The molecule has 0 amide bonds. The van der Waals surface area contributed by atoms with Gasteiger partial charge in [-0.15, -0.1) is 0 Å². The van der Waals surface area contributed by atoms with Crippen LogP contribution in [0.4, 0.5) is 79.0 Å². The Morgan fingerprint density at radius 1 is 0.375 bits per heavy atom. The molecule has 56 heavy (non-hydrogen) atoms. The molecule has 0 aromatic heterocycles. The SMILES string of the molecule is O=S(=O)(c1cccc(S(=O)(=O)N2CCN(S(=O)(=O)C(F)(F)C(F)(F)C(F)(F)C(F)(F)F)CC2)c1)N1CCN(S(=O)(=O)C(F)(F)C(F)(F)C(F)(F)C(F)(F)F)CC1. The maximum Gasteiger partial charge on any atom is 0.460 e. The van der Waals surface area contributed by atoms with Gasteiger partial charge in [-0.05, 0) is 18.2 Å². The Bertz CT molecular complexity index is 1950. The highest BCUT2D eigenvalue weighted by Gasteiger charge is 2.87. The summed E-state index contributed by atoms with van der Waals surface area (Å²) in [7, 11) is -24.4. The van der Waals surface area contributed by atoms with Crippen molar-refractivity contribution in [1.29, 1.82) is 0 Å². The van der Waals surface area contributed by atoms with Crippen molar-refractivity contribution in [3.63, 3.8) is 0 Å². The molecule has 0 unspecified atom stereocenters. The Hall–Kier alpha value is -2.40. The van der Waals surface area contributed by atoms with Gasteiger partial charge in [0.05, 0.1) is 9.79 Å². The second kappa shape index (κ2) is 14.1. The highest BCUT2D eigenvalue weighted by atomic mass is 32.2. The summed E-state index contributed by atoms with van der Waals surface area (Å²) in [5.74, 6) is -30.4. The molecule has 1 aromatic rings. The molecule has 34 heteroatoms. The van der Waals surface area contributed by atoms with E-state index in [9.17, 15) is 113 Å². The van der Waals surface area contributed by atoms with Crippen molar-refractivity contribution in [1.82, 2.24) is 17.2 Å². The summed E-state index contributed by atoms with van der Waals surface area (Å²) in [4.78, 5) is -2.10. The Kier molecular flexibility index (Phi) is 12.1. The van der Waals surface area contributed by atoms with E-state index in [0.717, 1.165) is 0 Å². The topological polar surface area (TPSA) is 150 Å². The molecule has 3 rings (SSSR count). The van der Waals surface area contributed by atoms with Gasteiger partial charge >= 0.3 is 46.6 Å². The van der Waals surface area contributed by atoms with Crippen LogP contribution < -0.4 is 0 Å². The third-order valence-corrected chi connectivity index (χ3v) is 15.7. The molecule has 1 aromatic carbocycles. The summed E-state index contributed by atoms with van der Waals surface area (Å²) in [5, 5.41) is -14.3. The lowest BCUT2D eigenvalue weighted by Gasteiger charge is -2.38. The van der Waals surface area contributed by atoms with Crippen LogP contribution in [0.15, 0.2) is 34.1 Å². The highest BCUT2D eigenvalue weighted by molar-refractivity contribution is 7.91. The maximum absolute atomic E-state index is 14.2. The van der Waals surface area contributed by atoms with E-state index < -0.39 is 157 Å². The van der Waals surface area contributed by atoms with E-state index in [4.69, 9.17) is 0 Å². The number of hydrogen-bond donors (Lipinski definition) is 0. The molecule has 12 nitrogen and oxygen atoms in total. The fraction of sp³-hybridized carbons (Fsp3) is 0.727. The Balaban J connectivity index is 1.80. The molecule has 0 bridgehead atoms. The first-order chi connectivity index (χ1) is 24.6. The minimum Gasteiger partial charge on any atom is -0.207 e. The number of benzene rings is 1. The van der Waals surface area contributed by atoms with Crippen molar-refractivity contribution in [3.05, 3.63) is 24.3 Å². The fourth-order valence-electron chi connectivity index (χ4n) is 4.76. The van der Waals surface area contributed by atoms with E-state index >= 15 is 0 Å². The number of sulfonamides is 4. The predicted octanol–water partition coefficient (Wildman–Crippen LogP) is 3.81. The summed E-state index contributed by atoms with van der Waals surface area (Å²) in [6, 6.07) is 2.27. The van der Waals surface area contributed by atoms with Crippen LogP contribution in [0.3, 0.4) is 0 Å². The number of nitrogens with zero attached hydrogens (tertiary/aromatic N) is 4. The molecule has 0 aliphatic carbocycles. The van der Waals surface area contributed by atoms with Crippen LogP contribution in [-0.4, -0.2) is 150 Å². The molecule has 326 valence electrons. The smallest absolute Gasteiger partial charge is 0.207 e. The van der Waals surface area contributed by atoms with Crippen molar-refractivity contribution >= 4 is 40.1 Å². The number of halogens is 18. The minimum absolute atomic E-state index is 0.188. The van der Waals surface area contributed by atoms with Crippen LogP contribution in [0.25, 0.3) is 0 Å². The minimum atomic E-state index is -7.60. The Morgan fingerprint density at radius 2 is 0.607 bits per heavy atom. The lowest BCUT2D eigenvalue weighted by atomic mass is 10.1. The van der Waals surface area contributed by atoms with Gasteiger partial charge in [-0.1, -0.05) is 6.07 Å². The maximum atomic E-state index is 14.2. The normalized spacial score (nSPS) is 20.0. The first-order valence-electron chi connectivity index (χ1n) is 14.1. The van der Waals surface area contributed by atoms with Gasteiger partial charge in [0.2, 0.25) is 20.0 Å². The van der Waals surface area contributed by atoms with Crippen molar-refractivity contribution in [2.75, 3.05) is 52.4 Å². The Labute approximate surface area is 302 Å². The number of hydrogen-bond acceptors (Lipinski definition) is 8. The molecule has 0 saturated carbocycles. The van der Waals surface area contributed by atoms with Gasteiger partial charge in [-0.3, -0.25) is 0 Å². The van der Waals surface area contributed by atoms with Crippen molar-refractivity contribution < 1.29 is 113 Å². The zero-order valence-corrected chi connectivity index (χ0v) is 29.7. The van der Waals surface area contributed by atoms with Crippen LogP contribution in [0.5, 0.6) is 0 Å². The predicted molar refractivity (Wildman–Crippen MR) is 147 cm³/mol. The van der Waals surface area contributed by atoms with Gasteiger partial charge in [-0.25, -0.2) is 33.7 Å². The number of piperazine rings is 2. The summed E-state index contributed by atoms with van der Waals surface area (Å²) in [5.41, 5.74) is 0. The summed E-state index contributed by atoms with van der Waals surface area (Å²) < 4.78 is 340. The highest BCUT2D eigenvalue weighted by Crippen LogP contribution is 2.56. The largest absolute Gasteiger partial charge is 0.460 e. The lowest BCUT2D eigenvalue weighted by molar-refractivity contribution is -0.382. The van der Waals surface area contributed by atoms with Crippen molar-refractivity contribution in [2.24, 2.45) is 0 Å². The van der Waals surface area contributed by atoms with Crippen molar-refractivity contribution in [2.45, 2.75) is 56.3 Å². The summed E-state index contributed by atoms with van der Waals surface area (Å²) >= 11 is 0. The quantitative estimate of drug-likeness (QED) is 0.288. The van der Waals surface area contributed by atoms with E-state index in [0.29, 0.717) is 24.3 Å². The third-order valence-electron chi connectivity index (χ3n) is 8.04. The summed E-state index contributed by atoms with van der Waals surface area (Å²) in [6.45, 7) is -11.5. The molecule has 2 fully saturated rings. The average molecular weight is 939 g/mol. The van der Waals surface area contributed by atoms with Gasteiger partial charge in [0.15, 0.2) is 0 Å². The number of alkyl halides is 18. The fourth-order valence-corrected chi connectivity index (χ4v) is 10.6. The molecule has 2 heterocycles. The van der Waals surface area contributed by atoms with Crippen LogP contribution >= 0.6 is 0 Å². The van der Waals surface area contributed by atoms with Gasteiger partial charge < -0.3 is 0 Å². The summed E-state index contributed by atoms with van der Waals surface area (Å²) in [6.07, 6.45) is -14.7. The van der Waals surface area contributed by atoms with Gasteiger partial charge in [0.25, 0.3) is 20.0 Å². The average Bonchev–Trinajstić information content (AvgIpc) is 3.06. The molecule has 0 N–H and O–H groups in total. The van der Waals surface area contributed by atoms with E-state index in [1.54, 1.807) is 0 Å². The van der Waals surface area contributed by atoms with E-state index in [2.05, 4.69) is 0 Å². The molecule has 0 radical (unpaired) electrons. The molecular weight excluding hydrogens is 918 g/mol. The first kappa shape index (κ1) is 48.0. The number of rotatable bonds is 12. The van der Waals surface area contributed by atoms with E-state index in [1.165, 1.54) is 0 Å². The van der Waals surface area contributed by atoms with Crippen LogP contribution in [0, 0.1) is 0 Å². The second-order valence-electron chi connectivity index (χ2n) is 11.4. The molecule has 2 aliphatic rings. The molecule has 0 spiro atoms. The van der Waals surface area contributed by atoms with E-state index in [-0.39, 0.29) is 8.61 Å². The second-order valence-corrected chi connectivity index (χ2v) is 19.3. The van der Waals surface area contributed by atoms with E-state index in [1.807, 2.05) is 0 Å². The van der Waals surface area contributed by atoms with Crippen molar-refractivity contribution in [3.8, 4) is 0 Å². The van der Waals surface area contributed by atoms with Gasteiger partial charge in [0, 0.05) is 52.4 Å². The van der Waals surface area contributed by atoms with Crippen LogP contribution in [0.1, 0.15) is 0 Å². The van der Waals surface area contributed by atoms with Gasteiger partial charge in [-0.2, -0.15) is 96.2 Å². The Morgan fingerprint density at radius 3 is 0.839 bits per heavy atom. The molecule has 2 saturated heterocycles. The first-order valence-corrected chi connectivity index (χ1v) is 19.9. The monoisotopic (exact) mass is 938 g/mol. The molecule has 0 atom stereocenters. The lowest BCUT2D eigenvalue weighted by Crippen LogP contribution is -2.66. The molecular formula is C22H20F18N4O8S4. The van der Waals surface area contributed by atoms with Gasteiger partial charge in [0.1, 0.15) is 0 Å². The standard InChI is InChI=1S/C22H20F18N4O8S4/c23-15(24,19(31,32)33)17(27,28)21(37,38)55(49,50)43-8-4-41(5-9-43)53(45,46)13-2-1-3-14(12-13)54(47,48)42-6-10-44(11-7-42)56(51,52)22(39,40)18(29,30)16(25,26)20(34,35)36/h1-3,12H,4-11H2. The van der Waals surface area contributed by atoms with Crippen LogP contribution in [-0.2, 0) is 40.1 Å². The zero-order chi connectivity index (χ0) is 43.9. The zero-order valence-electron chi connectivity index (χ0n) is 26.5. The third kappa shape index (κ3) is 7.19.